The van der Waals surface area contributed by atoms with E-state index >= 15 is 0 Å². The first-order valence-electron chi connectivity index (χ1n) is 4.94. The minimum Gasteiger partial charge on any atom is -0.264 e. The summed E-state index contributed by atoms with van der Waals surface area (Å²) in [4.78, 5) is 8.52. The van der Waals surface area contributed by atoms with Gasteiger partial charge in [0.15, 0.2) is 0 Å². The van der Waals surface area contributed by atoms with Crippen molar-refractivity contribution >= 4 is 10.8 Å². The lowest BCUT2D eigenvalue weighted by Gasteiger charge is -2.04. The van der Waals surface area contributed by atoms with Crippen LogP contribution in [0.15, 0.2) is 30.7 Å². The molecule has 2 heterocycles. The molecule has 0 fully saturated rings. The van der Waals surface area contributed by atoms with Crippen LogP contribution in [0, 0.1) is 5.92 Å². The van der Waals surface area contributed by atoms with Crippen LogP contribution >= 0.6 is 0 Å². The number of hydrogen-bond donors (Lipinski definition) is 0. The second-order valence-corrected chi connectivity index (χ2v) is 4.00. The minimum absolute atomic E-state index is 0.650. The van der Waals surface area contributed by atoms with Crippen molar-refractivity contribution in [3.63, 3.8) is 0 Å². The third-order valence-corrected chi connectivity index (χ3v) is 2.20. The van der Waals surface area contributed by atoms with Gasteiger partial charge in [0.2, 0.25) is 0 Å². The van der Waals surface area contributed by atoms with Crippen molar-refractivity contribution in [3.05, 3.63) is 36.4 Å². The van der Waals surface area contributed by atoms with E-state index in [9.17, 15) is 0 Å². The largest absolute Gasteiger partial charge is 0.264 e. The molecule has 72 valence electrons. The molecule has 0 amide bonds. The summed E-state index contributed by atoms with van der Waals surface area (Å²) in [5, 5.41) is 2.34. The molecule has 2 rings (SSSR count). The number of nitrogens with zero attached hydrogens (tertiary/aromatic N) is 2. The Balaban J connectivity index is 2.41. The number of aromatic nitrogens is 2. The molecule has 2 aromatic heterocycles. The third-order valence-electron chi connectivity index (χ3n) is 2.20. The normalized spacial score (nSPS) is 11.1. The van der Waals surface area contributed by atoms with Crippen molar-refractivity contribution in [2.24, 2.45) is 5.92 Å². The Hall–Kier alpha value is -1.44. The van der Waals surface area contributed by atoms with Gasteiger partial charge in [-0.25, -0.2) is 0 Å². The highest BCUT2D eigenvalue weighted by atomic mass is 14.7. The fraction of sp³-hybridized carbons (Fsp3) is 0.333. The van der Waals surface area contributed by atoms with Crippen molar-refractivity contribution in [2.45, 2.75) is 20.3 Å². The lowest BCUT2D eigenvalue weighted by Crippen LogP contribution is -1.96. The molecule has 14 heavy (non-hydrogen) atoms. The van der Waals surface area contributed by atoms with Gasteiger partial charge in [0.05, 0.1) is 0 Å². The van der Waals surface area contributed by atoms with Gasteiger partial charge in [-0.1, -0.05) is 13.8 Å². The molecule has 2 heteroatoms. The van der Waals surface area contributed by atoms with Crippen LogP contribution in [-0.4, -0.2) is 9.97 Å². The van der Waals surface area contributed by atoms with Gasteiger partial charge in [-0.2, -0.15) is 0 Å². The van der Waals surface area contributed by atoms with Crippen LogP contribution < -0.4 is 0 Å². The van der Waals surface area contributed by atoms with Crippen LogP contribution in [0.25, 0.3) is 10.8 Å². The van der Waals surface area contributed by atoms with E-state index in [1.165, 1.54) is 5.39 Å². The fourth-order valence-corrected chi connectivity index (χ4v) is 1.55. The maximum atomic E-state index is 4.42. The van der Waals surface area contributed by atoms with Gasteiger partial charge in [-0.15, -0.1) is 0 Å². The molecule has 0 unspecified atom stereocenters. The van der Waals surface area contributed by atoms with Crippen molar-refractivity contribution < 1.29 is 0 Å². The summed E-state index contributed by atoms with van der Waals surface area (Å²) < 4.78 is 0. The molecule has 0 atom stereocenters. The second-order valence-electron chi connectivity index (χ2n) is 4.00. The molecule has 2 nitrogen and oxygen atoms in total. The number of pyridine rings is 2. The molecule has 0 saturated heterocycles. The minimum atomic E-state index is 0.650. The summed E-state index contributed by atoms with van der Waals surface area (Å²) in [7, 11) is 0. The first kappa shape index (κ1) is 9.13. The molecule has 0 aliphatic rings. The van der Waals surface area contributed by atoms with E-state index in [-0.39, 0.29) is 0 Å². The average molecular weight is 186 g/mol. The van der Waals surface area contributed by atoms with E-state index in [2.05, 4.69) is 29.9 Å². The van der Waals surface area contributed by atoms with E-state index in [0.29, 0.717) is 5.92 Å². The molecule has 0 aromatic carbocycles. The van der Waals surface area contributed by atoms with E-state index in [1.807, 2.05) is 18.5 Å². The van der Waals surface area contributed by atoms with Crippen molar-refractivity contribution in [2.75, 3.05) is 0 Å². The van der Waals surface area contributed by atoms with Crippen LogP contribution in [0.5, 0.6) is 0 Å². The molecule has 2 aromatic rings. The molecule has 0 N–H and O–H groups in total. The summed E-state index contributed by atoms with van der Waals surface area (Å²) in [5.41, 5.74) is 1.15. The zero-order valence-corrected chi connectivity index (χ0v) is 8.57. The summed E-state index contributed by atoms with van der Waals surface area (Å²) in [6, 6.07) is 4.11. The fourth-order valence-electron chi connectivity index (χ4n) is 1.55. The number of hydrogen-bond acceptors (Lipinski definition) is 2. The molecule has 0 saturated carbocycles. The smallest absolute Gasteiger partial charge is 0.0413 e. The van der Waals surface area contributed by atoms with Gasteiger partial charge in [0, 0.05) is 35.1 Å². The summed E-state index contributed by atoms with van der Waals surface area (Å²) >= 11 is 0. The standard InChI is InChI=1S/C12H14N2/c1-9(2)5-12-6-11-7-13-4-3-10(11)8-14-12/h3-4,6-9H,5H2,1-2H3. The SMILES string of the molecule is CC(C)Cc1cc2cnccc2cn1. The Kier molecular flexibility index (Phi) is 2.44. The van der Waals surface area contributed by atoms with Gasteiger partial charge in [-0.05, 0) is 24.5 Å². The molecular weight excluding hydrogens is 172 g/mol. The highest BCUT2D eigenvalue weighted by molar-refractivity contribution is 5.80. The van der Waals surface area contributed by atoms with Crippen LogP contribution in [-0.2, 0) is 6.42 Å². The molecule has 0 aliphatic heterocycles. The highest BCUT2D eigenvalue weighted by Crippen LogP contribution is 2.14. The van der Waals surface area contributed by atoms with Gasteiger partial charge < -0.3 is 0 Å². The van der Waals surface area contributed by atoms with Crippen molar-refractivity contribution in [1.82, 2.24) is 9.97 Å². The maximum Gasteiger partial charge on any atom is 0.0413 e. The van der Waals surface area contributed by atoms with Crippen LogP contribution in [0.1, 0.15) is 19.5 Å². The Morgan fingerprint density at radius 2 is 2.07 bits per heavy atom. The van der Waals surface area contributed by atoms with E-state index in [4.69, 9.17) is 0 Å². The first-order valence-corrected chi connectivity index (χ1v) is 4.94. The van der Waals surface area contributed by atoms with Crippen molar-refractivity contribution in [1.29, 1.82) is 0 Å². The third kappa shape index (κ3) is 1.90. The van der Waals surface area contributed by atoms with Crippen LogP contribution in [0.3, 0.4) is 0 Å². The maximum absolute atomic E-state index is 4.42. The lowest BCUT2D eigenvalue weighted by atomic mass is 10.1. The first-order chi connectivity index (χ1) is 6.75. The molecule has 0 aliphatic carbocycles. The lowest BCUT2D eigenvalue weighted by molar-refractivity contribution is 0.636. The number of rotatable bonds is 2. The van der Waals surface area contributed by atoms with Crippen LogP contribution in [0.2, 0.25) is 0 Å². The molecule has 0 bridgehead atoms. The Morgan fingerprint density at radius 1 is 1.21 bits per heavy atom. The van der Waals surface area contributed by atoms with Gasteiger partial charge in [-0.3, -0.25) is 9.97 Å². The van der Waals surface area contributed by atoms with Crippen molar-refractivity contribution in [3.8, 4) is 0 Å². The van der Waals surface area contributed by atoms with Gasteiger partial charge >= 0.3 is 0 Å². The molecule has 0 spiro atoms. The Morgan fingerprint density at radius 3 is 2.86 bits per heavy atom. The van der Waals surface area contributed by atoms with E-state index < -0.39 is 0 Å². The van der Waals surface area contributed by atoms with Gasteiger partial charge in [0.1, 0.15) is 0 Å². The monoisotopic (exact) mass is 186 g/mol. The molecule has 0 radical (unpaired) electrons. The van der Waals surface area contributed by atoms with Gasteiger partial charge in [0.25, 0.3) is 0 Å². The predicted molar refractivity (Wildman–Crippen MR) is 58.1 cm³/mol. The summed E-state index contributed by atoms with van der Waals surface area (Å²) in [5.74, 6) is 0.650. The Bertz CT molecular complexity index is 435. The zero-order valence-electron chi connectivity index (χ0n) is 8.57. The van der Waals surface area contributed by atoms with Crippen LogP contribution in [0.4, 0.5) is 0 Å². The molecular formula is C12H14N2. The Labute approximate surface area is 84.0 Å². The highest BCUT2D eigenvalue weighted by Gasteiger charge is 2.00. The summed E-state index contributed by atoms with van der Waals surface area (Å²) in [6.07, 6.45) is 6.65. The van der Waals surface area contributed by atoms with E-state index in [1.54, 1.807) is 6.20 Å². The summed E-state index contributed by atoms with van der Waals surface area (Å²) in [6.45, 7) is 4.41. The number of fused-ring (bicyclic) bond motifs is 1. The average Bonchev–Trinajstić information content (AvgIpc) is 2.17. The quantitative estimate of drug-likeness (QED) is 0.720. The predicted octanol–water partition coefficient (Wildman–Crippen LogP) is 2.83. The zero-order chi connectivity index (χ0) is 9.97. The topological polar surface area (TPSA) is 25.8 Å². The second kappa shape index (κ2) is 3.74. The van der Waals surface area contributed by atoms with E-state index in [0.717, 1.165) is 17.5 Å².